The number of halogens is 2. The molecule has 3 rings (SSSR count). The van der Waals surface area contributed by atoms with E-state index >= 15 is 0 Å². The van der Waals surface area contributed by atoms with Crippen molar-refractivity contribution in [2.75, 3.05) is 28.4 Å². The predicted octanol–water partition coefficient (Wildman–Crippen LogP) is 4.20. The number of Topliss-reactive ketones (excluding diaryl/α,β-unsaturated/α-hetero) is 1. The first kappa shape index (κ1) is 20.4. The summed E-state index contributed by atoms with van der Waals surface area (Å²) in [4.78, 5) is 13.1. The number of carbonyl (C=O) groups excluding carboxylic acids is 1. The summed E-state index contributed by atoms with van der Waals surface area (Å²) in [5.41, 5.74) is 0.986. The van der Waals surface area contributed by atoms with Crippen molar-refractivity contribution in [1.82, 2.24) is 0 Å². The molecule has 6 nitrogen and oxygen atoms in total. The van der Waals surface area contributed by atoms with Crippen molar-refractivity contribution in [2.24, 2.45) is 5.92 Å². The minimum atomic E-state index is -1.29. The Kier molecular flexibility index (Phi) is 5.55. The van der Waals surface area contributed by atoms with E-state index in [1.807, 2.05) is 0 Å². The van der Waals surface area contributed by atoms with Crippen LogP contribution >= 0.6 is 23.2 Å². The Labute approximate surface area is 172 Å². The number of phenolic OH excluding ortho intramolecular Hbond substituents is 1. The Hall–Kier alpha value is -2.31. The molecule has 1 N–H and O–H groups in total. The Balaban J connectivity index is 1.96. The van der Waals surface area contributed by atoms with Crippen molar-refractivity contribution in [3.63, 3.8) is 0 Å². The zero-order chi connectivity index (χ0) is 20.6. The molecule has 28 heavy (non-hydrogen) atoms. The van der Waals surface area contributed by atoms with Gasteiger partial charge in [-0.1, -0.05) is 6.07 Å². The zero-order valence-corrected chi connectivity index (χ0v) is 17.3. The smallest absolute Gasteiger partial charge is 0.203 e. The Bertz CT molecular complexity index is 887. The molecular weight excluding hydrogens is 407 g/mol. The molecule has 1 aliphatic rings. The van der Waals surface area contributed by atoms with Gasteiger partial charge in [-0.3, -0.25) is 4.79 Å². The highest BCUT2D eigenvalue weighted by Gasteiger charge is 2.67. The van der Waals surface area contributed by atoms with Crippen LogP contribution in [0.1, 0.15) is 21.8 Å². The largest absolute Gasteiger partial charge is 0.504 e. The molecule has 8 heteroatoms. The molecule has 0 aromatic heterocycles. The fraction of sp³-hybridized carbons (Fsp3) is 0.350. The fourth-order valence-electron chi connectivity index (χ4n) is 3.37. The number of benzene rings is 2. The summed E-state index contributed by atoms with van der Waals surface area (Å²) in [6, 6.07) is 7.97. The van der Waals surface area contributed by atoms with Crippen LogP contribution in [0.4, 0.5) is 0 Å². The number of methoxy groups -OCH3 is 4. The summed E-state index contributed by atoms with van der Waals surface area (Å²) in [6.07, 6.45) is 0. The third-order valence-electron chi connectivity index (χ3n) is 4.85. The third kappa shape index (κ3) is 3.31. The second-order valence-corrected chi connectivity index (χ2v) is 7.78. The van der Waals surface area contributed by atoms with E-state index in [9.17, 15) is 9.90 Å². The number of ketones is 1. The van der Waals surface area contributed by atoms with Crippen molar-refractivity contribution < 1.29 is 28.8 Å². The average molecular weight is 427 g/mol. The summed E-state index contributed by atoms with van der Waals surface area (Å²) in [5.74, 6) is -0.0349. The molecule has 0 aliphatic heterocycles. The topological polar surface area (TPSA) is 74.2 Å². The van der Waals surface area contributed by atoms with Crippen LogP contribution in [-0.2, 0) is 0 Å². The number of phenols is 1. The fourth-order valence-corrected chi connectivity index (χ4v) is 4.20. The lowest BCUT2D eigenvalue weighted by Crippen LogP contribution is -2.08. The first-order valence-electron chi connectivity index (χ1n) is 8.39. The zero-order valence-electron chi connectivity index (χ0n) is 15.8. The lowest BCUT2D eigenvalue weighted by Gasteiger charge is -2.13. The SMILES string of the molecule is COc1ccc(C2C(C(=O)c3cc(OC)c(OC)c(OC)c3)C2(Cl)Cl)cc1O. The van der Waals surface area contributed by atoms with Crippen LogP contribution in [0.2, 0.25) is 0 Å². The van der Waals surface area contributed by atoms with Gasteiger partial charge in [0.15, 0.2) is 28.8 Å². The summed E-state index contributed by atoms with van der Waals surface area (Å²) in [5, 5.41) is 10.0. The number of alkyl halides is 2. The lowest BCUT2D eigenvalue weighted by molar-refractivity contribution is 0.0963. The van der Waals surface area contributed by atoms with E-state index in [0.29, 0.717) is 34.1 Å². The van der Waals surface area contributed by atoms with Gasteiger partial charge >= 0.3 is 0 Å². The first-order valence-corrected chi connectivity index (χ1v) is 9.14. The lowest BCUT2D eigenvalue weighted by atomic mass is 10.0. The summed E-state index contributed by atoms with van der Waals surface area (Å²) >= 11 is 12.9. The molecule has 2 atom stereocenters. The maximum absolute atomic E-state index is 13.1. The number of hydrogen-bond donors (Lipinski definition) is 1. The van der Waals surface area contributed by atoms with Gasteiger partial charge in [-0.2, -0.15) is 0 Å². The Morgan fingerprint density at radius 3 is 1.96 bits per heavy atom. The van der Waals surface area contributed by atoms with Crippen molar-refractivity contribution >= 4 is 29.0 Å². The summed E-state index contributed by atoms with van der Waals surface area (Å²) in [6.45, 7) is 0. The standard InChI is InChI=1S/C20H20Cl2O6/c1-25-13-6-5-10(7-12(13)23)16-17(20(16,21)22)18(24)11-8-14(26-2)19(28-4)15(9-11)27-3/h5-9,16-17,23H,1-4H3. The molecule has 0 amide bonds. The minimum absolute atomic E-state index is 0.0463. The molecule has 0 radical (unpaired) electrons. The Morgan fingerprint density at radius 1 is 0.929 bits per heavy atom. The predicted molar refractivity (Wildman–Crippen MR) is 106 cm³/mol. The summed E-state index contributed by atoms with van der Waals surface area (Å²) < 4.78 is 19.6. The van der Waals surface area contributed by atoms with Gasteiger partial charge in [0.1, 0.15) is 4.33 Å². The van der Waals surface area contributed by atoms with Gasteiger partial charge in [-0.25, -0.2) is 0 Å². The molecule has 1 aliphatic carbocycles. The Morgan fingerprint density at radius 2 is 1.50 bits per heavy atom. The van der Waals surface area contributed by atoms with Crippen LogP contribution in [0, 0.1) is 5.92 Å². The van der Waals surface area contributed by atoms with Gasteiger partial charge in [-0.15, -0.1) is 23.2 Å². The molecule has 2 aromatic rings. The molecule has 150 valence electrons. The quantitative estimate of drug-likeness (QED) is 0.528. The van der Waals surface area contributed by atoms with Crippen LogP contribution in [-0.4, -0.2) is 43.7 Å². The van der Waals surface area contributed by atoms with Crippen molar-refractivity contribution in [2.45, 2.75) is 10.3 Å². The van der Waals surface area contributed by atoms with E-state index in [0.717, 1.165) is 0 Å². The van der Waals surface area contributed by atoms with Crippen LogP contribution in [0.25, 0.3) is 0 Å². The second-order valence-electron chi connectivity index (χ2n) is 6.34. The van der Waals surface area contributed by atoms with Crippen molar-refractivity contribution in [3.8, 4) is 28.7 Å². The van der Waals surface area contributed by atoms with Crippen molar-refractivity contribution in [3.05, 3.63) is 41.5 Å². The molecule has 2 unspecified atom stereocenters. The van der Waals surface area contributed by atoms with Crippen molar-refractivity contribution in [1.29, 1.82) is 0 Å². The molecule has 1 fully saturated rings. The maximum Gasteiger partial charge on any atom is 0.203 e. The average Bonchev–Trinajstić information content (AvgIpc) is 3.27. The molecule has 0 saturated heterocycles. The van der Waals surface area contributed by atoms with Gasteiger partial charge in [0.2, 0.25) is 5.75 Å². The van der Waals surface area contributed by atoms with E-state index in [1.165, 1.54) is 34.5 Å². The molecular formula is C20H20Cl2O6. The number of ether oxygens (including phenoxy) is 4. The molecule has 1 saturated carbocycles. The highest BCUT2D eigenvalue weighted by atomic mass is 35.5. The minimum Gasteiger partial charge on any atom is -0.504 e. The van der Waals surface area contributed by atoms with E-state index in [1.54, 1.807) is 24.3 Å². The van der Waals surface area contributed by atoms with Crippen LogP contribution in [0.15, 0.2) is 30.3 Å². The number of hydrogen-bond acceptors (Lipinski definition) is 6. The van der Waals surface area contributed by atoms with E-state index in [4.69, 9.17) is 42.1 Å². The summed E-state index contributed by atoms with van der Waals surface area (Å²) in [7, 11) is 5.88. The van der Waals surface area contributed by atoms with Gasteiger partial charge < -0.3 is 24.1 Å². The highest BCUT2D eigenvalue weighted by Crippen LogP contribution is 2.66. The molecule has 0 heterocycles. The van der Waals surface area contributed by atoms with E-state index < -0.39 is 16.2 Å². The normalized spacial score (nSPS) is 19.6. The van der Waals surface area contributed by atoms with E-state index in [-0.39, 0.29) is 11.5 Å². The molecule has 0 spiro atoms. The van der Waals surface area contributed by atoms with Crippen LogP contribution in [0.3, 0.4) is 0 Å². The number of carbonyl (C=O) groups is 1. The maximum atomic E-state index is 13.1. The van der Waals surface area contributed by atoms with Gasteiger partial charge in [0.25, 0.3) is 0 Å². The van der Waals surface area contributed by atoms with E-state index in [2.05, 4.69) is 0 Å². The highest BCUT2D eigenvalue weighted by molar-refractivity contribution is 6.54. The van der Waals surface area contributed by atoms with Crippen LogP contribution in [0.5, 0.6) is 28.7 Å². The first-order chi connectivity index (χ1) is 13.3. The number of aromatic hydroxyl groups is 1. The van der Waals surface area contributed by atoms with Gasteiger partial charge in [0, 0.05) is 11.5 Å². The van der Waals surface area contributed by atoms with Crippen LogP contribution < -0.4 is 18.9 Å². The third-order valence-corrected chi connectivity index (χ3v) is 5.79. The van der Waals surface area contributed by atoms with Gasteiger partial charge in [-0.05, 0) is 29.8 Å². The monoisotopic (exact) mass is 426 g/mol. The molecule has 2 aromatic carbocycles. The second kappa shape index (κ2) is 7.60. The number of rotatable bonds is 7. The molecule has 0 bridgehead atoms. The van der Waals surface area contributed by atoms with Gasteiger partial charge in [0.05, 0.1) is 34.4 Å².